The standard InChI is InChI=1S/C18H25NO3/c1-18(12-20,15-7-8-15)19-17(21)11-22-16-9-6-13-4-2-3-5-14(13)10-16/h6,9-10,15,20H,2-5,7-8,11-12H2,1H3,(H,19,21). The minimum atomic E-state index is -0.504. The number of amides is 1. The van der Waals surface area contributed by atoms with Gasteiger partial charge in [0.25, 0.3) is 5.91 Å². The summed E-state index contributed by atoms with van der Waals surface area (Å²) in [6.45, 7) is 1.88. The Balaban J connectivity index is 1.54. The third kappa shape index (κ3) is 3.43. The van der Waals surface area contributed by atoms with Gasteiger partial charge in [0, 0.05) is 0 Å². The number of benzene rings is 1. The lowest BCUT2D eigenvalue weighted by Crippen LogP contribution is -2.52. The van der Waals surface area contributed by atoms with Crippen LogP contribution in [-0.4, -0.2) is 29.8 Å². The number of aliphatic hydroxyl groups is 1. The summed E-state index contributed by atoms with van der Waals surface area (Å²) in [6, 6.07) is 6.13. The van der Waals surface area contributed by atoms with E-state index in [2.05, 4.69) is 17.4 Å². The van der Waals surface area contributed by atoms with E-state index < -0.39 is 5.54 Å². The van der Waals surface area contributed by atoms with Crippen molar-refractivity contribution in [2.24, 2.45) is 5.92 Å². The Morgan fingerprint density at radius 1 is 1.32 bits per heavy atom. The molecule has 0 aromatic heterocycles. The maximum absolute atomic E-state index is 12.1. The normalized spacial score (nSPS) is 19.9. The van der Waals surface area contributed by atoms with Gasteiger partial charge in [-0.05, 0) is 74.6 Å². The van der Waals surface area contributed by atoms with Crippen LogP contribution < -0.4 is 10.1 Å². The van der Waals surface area contributed by atoms with Crippen molar-refractivity contribution in [1.82, 2.24) is 5.32 Å². The third-order valence-corrected chi connectivity index (χ3v) is 4.92. The Morgan fingerprint density at radius 3 is 2.73 bits per heavy atom. The van der Waals surface area contributed by atoms with Gasteiger partial charge in [-0.2, -0.15) is 0 Å². The van der Waals surface area contributed by atoms with E-state index in [0.717, 1.165) is 31.4 Å². The molecule has 1 amide bonds. The van der Waals surface area contributed by atoms with E-state index in [0.29, 0.717) is 5.92 Å². The number of carbonyl (C=O) groups excluding carboxylic acids is 1. The SMILES string of the molecule is CC(CO)(NC(=O)COc1ccc2c(c1)CCCC2)C1CC1. The van der Waals surface area contributed by atoms with Crippen molar-refractivity contribution in [2.45, 2.75) is 51.0 Å². The molecule has 2 N–H and O–H groups in total. The molecule has 0 spiro atoms. The van der Waals surface area contributed by atoms with Crippen LogP contribution >= 0.6 is 0 Å². The lowest BCUT2D eigenvalue weighted by molar-refractivity contribution is -0.125. The van der Waals surface area contributed by atoms with Crippen LogP contribution in [0.3, 0.4) is 0 Å². The van der Waals surface area contributed by atoms with Crippen molar-refractivity contribution < 1.29 is 14.6 Å². The van der Waals surface area contributed by atoms with E-state index >= 15 is 0 Å². The van der Waals surface area contributed by atoms with Crippen molar-refractivity contribution in [1.29, 1.82) is 0 Å². The lowest BCUT2D eigenvalue weighted by Gasteiger charge is -2.28. The predicted molar refractivity (Wildman–Crippen MR) is 84.9 cm³/mol. The van der Waals surface area contributed by atoms with E-state index in [1.165, 1.54) is 24.0 Å². The zero-order chi connectivity index (χ0) is 15.6. The van der Waals surface area contributed by atoms with E-state index in [1.54, 1.807) is 0 Å². The molecular weight excluding hydrogens is 278 g/mol. The fourth-order valence-corrected chi connectivity index (χ4v) is 3.29. The number of fused-ring (bicyclic) bond motifs is 1. The molecule has 2 aliphatic carbocycles. The zero-order valence-corrected chi connectivity index (χ0v) is 13.2. The molecule has 120 valence electrons. The summed E-state index contributed by atoms with van der Waals surface area (Å²) >= 11 is 0. The second kappa shape index (κ2) is 6.29. The number of nitrogens with one attached hydrogen (secondary N) is 1. The van der Waals surface area contributed by atoms with Crippen molar-refractivity contribution >= 4 is 5.91 Å². The van der Waals surface area contributed by atoms with Gasteiger partial charge in [-0.3, -0.25) is 4.79 Å². The summed E-state index contributed by atoms with van der Waals surface area (Å²) in [5, 5.41) is 12.4. The fraction of sp³-hybridized carbons (Fsp3) is 0.611. The molecule has 4 heteroatoms. The molecule has 1 aromatic carbocycles. The molecule has 1 fully saturated rings. The van der Waals surface area contributed by atoms with Gasteiger partial charge in [0.1, 0.15) is 5.75 Å². The summed E-state index contributed by atoms with van der Waals surface area (Å²) in [4.78, 5) is 12.1. The fourth-order valence-electron chi connectivity index (χ4n) is 3.29. The molecule has 3 rings (SSSR count). The summed E-state index contributed by atoms with van der Waals surface area (Å²) in [5.74, 6) is 0.985. The molecule has 1 atom stereocenters. The molecule has 0 heterocycles. The van der Waals surface area contributed by atoms with Crippen molar-refractivity contribution in [3.05, 3.63) is 29.3 Å². The minimum Gasteiger partial charge on any atom is -0.484 e. The largest absolute Gasteiger partial charge is 0.484 e. The Labute approximate surface area is 131 Å². The highest BCUT2D eigenvalue weighted by Crippen LogP contribution is 2.39. The number of hydrogen-bond donors (Lipinski definition) is 2. The first kappa shape index (κ1) is 15.3. The van der Waals surface area contributed by atoms with Crippen LogP contribution in [0.5, 0.6) is 5.75 Å². The molecule has 0 bridgehead atoms. The zero-order valence-electron chi connectivity index (χ0n) is 13.2. The molecule has 1 aromatic rings. The molecule has 0 aliphatic heterocycles. The quantitative estimate of drug-likeness (QED) is 0.847. The highest BCUT2D eigenvalue weighted by molar-refractivity contribution is 5.78. The van der Waals surface area contributed by atoms with Gasteiger partial charge in [-0.15, -0.1) is 0 Å². The van der Waals surface area contributed by atoms with Crippen LogP contribution in [0.15, 0.2) is 18.2 Å². The first-order valence-electron chi connectivity index (χ1n) is 8.27. The molecule has 0 saturated heterocycles. The van der Waals surface area contributed by atoms with E-state index in [9.17, 15) is 9.90 Å². The van der Waals surface area contributed by atoms with Gasteiger partial charge in [-0.25, -0.2) is 0 Å². The van der Waals surface area contributed by atoms with E-state index in [-0.39, 0.29) is 19.1 Å². The highest BCUT2D eigenvalue weighted by atomic mass is 16.5. The topological polar surface area (TPSA) is 58.6 Å². The monoisotopic (exact) mass is 303 g/mol. The molecule has 0 radical (unpaired) electrons. The molecule has 2 aliphatic rings. The third-order valence-electron chi connectivity index (χ3n) is 4.92. The van der Waals surface area contributed by atoms with Crippen LogP contribution in [0.1, 0.15) is 43.7 Å². The first-order chi connectivity index (χ1) is 10.6. The Morgan fingerprint density at radius 2 is 2.05 bits per heavy atom. The van der Waals surface area contributed by atoms with E-state index in [1.807, 2.05) is 13.0 Å². The Bertz CT molecular complexity index is 553. The van der Waals surface area contributed by atoms with Crippen molar-refractivity contribution in [3.63, 3.8) is 0 Å². The Kier molecular flexibility index (Phi) is 4.39. The number of aryl methyl sites for hydroxylation is 2. The van der Waals surface area contributed by atoms with Crippen LogP contribution in [0.2, 0.25) is 0 Å². The van der Waals surface area contributed by atoms with Crippen molar-refractivity contribution in [3.8, 4) is 5.75 Å². The number of aliphatic hydroxyl groups excluding tert-OH is 1. The van der Waals surface area contributed by atoms with Gasteiger partial charge in [-0.1, -0.05) is 6.07 Å². The second-order valence-electron chi connectivity index (χ2n) is 6.82. The van der Waals surface area contributed by atoms with Crippen LogP contribution in [0.25, 0.3) is 0 Å². The van der Waals surface area contributed by atoms with Gasteiger partial charge in [0.05, 0.1) is 12.1 Å². The smallest absolute Gasteiger partial charge is 0.258 e. The van der Waals surface area contributed by atoms with Crippen molar-refractivity contribution in [2.75, 3.05) is 13.2 Å². The summed E-state index contributed by atoms with van der Waals surface area (Å²) in [6.07, 6.45) is 6.88. The second-order valence-corrected chi connectivity index (χ2v) is 6.82. The summed E-state index contributed by atoms with van der Waals surface area (Å²) in [7, 11) is 0. The molecule has 22 heavy (non-hydrogen) atoms. The van der Waals surface area contributed by atoms with E-state index in [4.69, 9.17) is 4.74 Å². The van der Waals surface area contributed by atoms with Crippen LogP contribution in [-0.2, 0) is 17.6 Å². The summed E-state index contributed by atoms with van der Waals surface area (Å²) in [5.41, 5.74) is 2.25. The molecule has 1 saturated carbocycles. The van der Waals surface area contributed by atoms with Gasteiger partial charge >= 0.3 is 0 Å². The molecule has 1 unspecified atom stereocenters. The van der Waals surface area contributed by atoms with Gasteiger partial charge < -0.3 is 15.2 Å². The van der Waals surface area contributed by atoms with Crippen LogP contribution in [0, 0.1) is 5.92 Å². The minimum absolute atomic E-state index is 0.00109. The lowest BCUT2D eigenvalue weighted by atomic mass is 9.92. The average molecular weight is 303 g/mol. The maximum Gasteiger partial charge on any atom is 0.258 e. The number of ether oxygens (including phenoxy) is 1. The number of rotatable bonds is 6. The first-order valence-corrected chi connectivity index (χ1v) is 8.27. The Hall–Kier alpha value is -1.55. The average Bonchev–Trinajstić information content (AvgIpc) is 3.38. The summed E-state index contributed by atoms with van der Waals surface area (Å²) < 4.78 is 5.63. The predicted octanol–water partition coefficient (Wildman–Crippen LogP) is 2.22. The highest BCUT2D eigenvalue weighted by Gasteiger charge is 2.42. The molecule has 4 nitrogen and oxygen atoms in total. The number of carbonyl (C=O) groups is 1. The maximum atomic E-state index is 12.1. The molecular formula is C18H25NO3. The number of hydrogen-bond acceptors (Lipinski definition) is 3. The van der Waals surface area contributed by atoms with Crippen LogP contribution in [0.4, 0.5) is 0 Å². The van der Waals surface area contributed by atoms with Gasteiger partial charge in [0.15, 0.2) is 6.61 Å². The van der Waals surface area contributed by atoms with Gasteiger partial charge in [0.2, 0.25) is 0 Å².